The Kier molecular flexibility index (Phi) is 7.53. The highest BCUT2D eigenvalue weighted by Crippen LogP contribution is 2.34. The molecule has 3 N–H and O–H groups in total. The first-order valence-corrected chi connectivity index (χ1v) is 12.0. The molecule has 35 heavy (non-hydrogen) atoms. The van der Waals surface area contributed by atoms with Gasteiger partial charge in [0, 0.05) is 12.5 Å². The highest BCUT2D eigenvalue weighted by Gasteiger charge is 2.45. The van der Waals surface area contributed by atoms with Gasteiger partial charge in [-0.3, -0.25) is 14.2 Å². The lowest BCUT2D eigenvalue weighted by Crippen LogP contribution is -2.34. The van der Waals surface area contributed by atoms with E-state index in [0.29, 0.717) is 23.3 Å². The van der Waals surface area contributed by atoms with Gasteiger partial charge in [-0.1, -0.05) is 27.7 Å². The third kappa shape index (κ3) is 5.39. The first kappa shape index (κ1) is 25.3. The van der Waals surface area contributed by atoms with E-state index in [0.717, 1.165) is 12.8 Å². The van der Waals surface area contributed by atoms with Crippen LogP contribution in [0.5, 0.6) is 0 Å². The number of rotatable bonds is 8. The molecular weight excluding hydrogens is 458 g/mol. The summed E-state index contributed by atoms with van der Waals surface area (Å²) in [5, 5.41) is 32.6. The Hall–Kier alpha value is -2.83. The lowest BCUT2D eigenvalue weighted by Gasteiger charge is -2.18. The van der Waals surface area contributed by atoms with E-state index in [4.69, 9.17) is 14.2 Å². The molecule has 3 heterocycles. The summed E-state index contributed by atoms with van der Waals surface area (Å²) in [6.45, 7) is 6.86. The maximum atomic E-state index is 11.9. The fourth-order valence-electron chi connectivity index (χ4n) is 4.27. The Morgan fingerprint density at radius 3 is 2.63 bits per heavy atom. The SMILES string of the molecule is CC(C)C(=O)OC[C@H]1O[C@@H](n2cnc3c(N[C@@H]4CC[C@@H](OC(=O)C(C)C)C4)nncc32)[C@H](O)[C@@H]1O. The van der Waals surface area contributed by atoms with Crippen LogP contribution in [0.2, 0.25) is 0 Å². The number of aromatic nitrogens is 4. The molecule has 1 aliphatic carbocycles. The van der Waals surface area contributed by atoms with Crippen LogP contribution in [0.3, 0.4) is 0 Å². The second-order valence-electron chi connectivity index (χ2n) is 9.78. The second-order valence-corrected chi connectivity index (χ2v) is 9.78. The number of aliphatic hydroxyl groups is 2. The van der Waals surface area contributed by atoms with Gasteiger partial charge in [-0.15, -0.1) is 5.10 Å². The zero-order chi connectivity index (χ0) is 25.3. The zero-order valence-electron chi connectivity index (χ0n) is 20.3. The molecule has 0 amide bonds. The molecule has 2 aliphatic rings. The molecule has 2 aromatic heterocycles. The average Bonchev–Trinajstić information content (AvgIpc) is 3.51. The standard InChI is InChI=1S/C23H33N5O7/c1-11(2)22(31)33-9-16-18(29)19(30)21(35-16)28-10-24-17-15(28)8-25-27-20(17)26-13-5-6-14(7-13)34-23(32)12(3)4/h8,10-14,16,18-19,21,29-30H,5-7,9H2,1-4H3,(H,26,27)/t13-,14-,16-,18-,19-,21-/m1/s1. The maximum Gasteiger partial charge on any atom is 0.308 e. The molecule has 2 aromatic rings. The first-order chi connectivity index (χ1) is 16.7. The minimum absolute atomic E-state index is 0.0418. The molecule has 0 bridgehead atoms. The molecule has 0 radical (unpaired) electrons. The van der Waals surface area contributed by atoms with Crippen LogP contribution in [0.25, 0.3) is 11.0 Å². The summed E-state index contributed by atoms with van der Waals surface area (Å²) in [5.41, 5.74) is 1.09. The average molecular weight is 492 g/mol. The van der Waals surface area contributed by atoms with Gasteiger partial charge in [-0.2, -0.15) is 5.10 Å². The van der Waals surface area contributed by atoms with Gasteiger partial charge in [0.05, 0.1) is 29.9 Å². The molecule has 192 valence electrons. The molecule has 0 aromatic carbocycles. The van der Waals surface area contributed by atoms with Crippen molar-refractivity contribution in [1.82, 2.24) is 19.7 Å². The zero-order valence-corrected chi connectivity index (χ0v) is 20.3. The second kappa shape index (κ2) is 10.4. The van der Waals surface area contributed by atoms with Gasteiger partial charge in [0.1, 0.15) is 36.5 Å². The Morgan fingerprint density at radius 2 is 1.91 bits per heavy atom. The number of ether oxygens (including phenoxy) is 3. The summed E-state index contributed by atoms with van der Waals surface area (Å²) in [7, 11) is 0. The molecule has 1 saturated heterocycles. The topological polar surface area (TPSA) is 158 Å². The van der Waals surface area contributed by atoms with Crippen LogP contribution < -0.4 is 5.32 Å². The van der Waals surface area contributed by atoms with E-state index < -0.39 is 30.5 Å². The molecule has 2 fully saturated rings. The number of nitrogens with zero attached hydrogens (tertiary/aromatic N) is 4. The predicted molar refractivity (Wildman–Crippen MR) is 123 cm³/mol. The number of anilines is 1. The third-order valence-corrected chi connectivity index (χ3v) is 6.35. The van der Waals surface area contributed by atoms with E-state index in [-0.39, 0.29) is 36.6 Å². The summed E-state index contributed by atoms with van der Waals surface area (Å²) in [6.07, 6.45) is 0.752. The minimum atomic E-state index is -1.26. The molecule has 1 saturated carbocycles. The fourth-order valence-corrected chi connectivity index (χ4v) is 4.27. The van der Waals surface area contributed by atoms with E-state index in [1.165, 1.54) is 12.5 Å². The first-order valence-electron chi connectivity index (χ1n) is 12.0. The van der Waals surface area contributed by atoms with Crippen LogP contribution in [0.15, 0.2) is 12.5 Å². The van der Waals surface area contributed by atoms with Crippen LogP contribution >= 0.6 is 0 Å². The van der Waals surface area contributed by atoms with Gasteiger partial charge in [-0.05, 0) is 12.8 Å². The summed E-state index contributed by atoms with van der Waals surface area (Å²) in [4.78, 5) is 28.1. The van der Waals surface area contributed by atoms with Crippen molar-refractivity contribution in [2.24, 2.45) is 11.8 Å². The lowest BCUT2D eigenvalue weighted by atomic mass is 10.1. The Balaban J connectivity index is 1.44. The van der Waals surface area contributed by atoms with Crippen molar-refractivity contribution in [2.75, 3.05) is 11.9 Å². The molecule has 6 atom stereocenters. The van der Waals surface area contributed by atoms with Gasteiger partial charge >= 0.3 is 11.9 Å². The Bertz CT molecular complexity index is 1060. The Morgan fingerprint density at radius 1 is 1.17 bits per heavy atom. The highest BCUT2D eigenvalue weighted by atomic mass is 16.6. The fraction of sp³-hybridized carbons (Fsp3) is 0.696. The van der Waals surface area contributed by atoms with Crippen molar-refractivity contribution in [3.05, 3.63) is 12.5 Å². The van der Waals surface area contributed by atoms with E-state index in [1.54, 1.807) is 18.4 Å². The van der Waals surface area contributed by atoms with Crippen molar-refractivity contribution in [3.63, 3.8) is 0 Å². The van der Waals surface area contributed by atoms with Crippen molar-refractivity contribution in [1.29, 1.82) is 0 Å². The molecular formula is C23H33N5O7. The number of imidazole rings is 1. The van der Waals surface area contributed by atoms with Crippen molar-refractivity contribution in [3.8, 4) is 0 Å². The number of esters is 2. The van der Waals surface area contributed by atoms with Gasteiger partial charge in [0.25, 0.3) is 0 Å². The number of aliphatic hydroxyl groups excluding tert-OH is 2. The van der Waals surface area contributed by atoms with Gasteiger partial charge in [0.2, 0.25) is 0 Å². The Labute approximate surface area is 203 Å². The quantitative estimate of drug-likeness (QED) is 0.455. The number of carbonyl (C=O) groups is 2. The summed E-state index contributed by atoms with van der Waals surface area (Å²) < 4.78 is 18.1. The van der Waals surface area contributed by atoms with E-state index >= 15 is 0 Å². The minimum Gasteiger partial charge on any atom is -0.463 e. The third-order valence-electron chi connectivity index (χ3n) is 6.35. The van der Waals surface area contributed by atoms with Gasteiger partial charge in [0.15, 0.2) is 12.0 Å². The van der Waals surface area contributed by atoms with E-state index in [2.05, 4.69) is 20.5 Å². The molecule has 4 rings (SSSR count). The van der Waals surface area contributed by atoms with Crippen molar-refractivity contribution >= 4 is 28.8 Å². The molecule has 1 aliphatic heterocycles. The summed E-state index contributed by atoms with van der Waals surface area (Å²) in [6, 6.07) is 0.0418. The number of carbonyl (C=O) groups excluding carboxylic acids is 2. The molecule has 12 heteroatoms. The number of hydrogen-bond donors (Lipinski definition) is 3. The highest BCUT2D eigenvalue weighted by molar-refractivity contribution is 5.85. The number of nitrogens with one attached hydrogen (secondary N) is 1. The van der Waals surface area contributed by atoms with Crippen molar-refractivity contribution in [2.45, 2.75) is 83.6 Å². The van der Waals surface area contributed by atoms with Gasteiger partial charge < -0.3 is 29.7 Å². The smallest absolute Gasteiger partial charge is 0.308 e. The summed E-state index contributed by atoms with van der Waals surface area (Å²) in [5.74, 6) is -0.623. The molecule has 0 spiro atoms. The molecule has 12 nitrogen and oxygen atoms in total. The number of hydrogen-bond acceptors (Lipinski definition) is 11. The predicted octanol–water partition coefficient (Wildman–Crippen LogP) is 1.18. The van der Waals surface area contributed by atoms with Crippen LogP contribution in [0.1, 0.15) is 53.2 Å². The maximum absolute atomic E-state index is 11.9. The van der Waals surface area contributed by atoms with Crippen LogP contribution in [0.4, 0.5) is 5.82 Å². The van der Waals surface area contributed by atoms with Crippen LogP contribution in [0, 0.1) is 11.8 Å². The monoisotopic (exact) mass is 491 g/mol. The normalized spacial score (nSPS) is 28.7. The van der Waals surface area contributed by atoms with Gasteiger partial charge in [-0.25, -0.2) is 4.98 Å². The van der Waals surface area contributed by atoms with E-state index in [9.17, 15) is 19.8 Å². The molecule has 0 unspecified atom stereocenters. The van der Waals surface area contributed by atoms with Crippen LogP contribution in [-0.2, 0) is 23.8 Å². The van der Waals surface area contributed by atoms with E-state index in [1.807, 2.05) is 13.8 Å². The lowest BCUT2D eigenvalue weighted by molar-refractivity contribution is -0.154. The van der Waals surface area contributed by atoms with Crippen molar-refractivity contribution < 1.29 is 34.0 Å². The van der Waals surface area contributed by atoms with Crippen LogP contribution in [-0.4, -0.2) is 79.0 Å². The summed E-state index contributed by atoms with van der Waals surface area (Å²) >= 11 is 0. The number of fused-ring (bicyclic) bond motifs is 1. The largest absolute Gasteiger partial charge is 0.463 e.